The van der Waals surface area contributed by atoms with Gasteiger partial charge in [0.25, 0.3) is 0 Å². The topological polar surface area (TPSA) is 77.2 Å². The highest BCUT2D eigenvalue weighted by Gasteiger charge is 2.18. The molecule has 0 fully saturated rings. The number of nitrogens with zero attached hydrogens (tertiary/aromatic N) is 3. The Morgan fingerprint density at radius 3 is 2.81 bits per heavy atom. The van der Waals surface area contributed by atoms with Crippen molar-refractivity contribution in [2.24, 2.45) is 7.05 Å². The molecular formula is C14H17N3O3S. The molecule has 1 aromatic carbocycles. The second kappa shape index (κ2) is 6.62. The number of aromatic nitrogens is 3. The zero-order chi connectivity index (χ0) is 15.4. The molecule has 0 bridgehead atoms. The zero-order valence-corrected chi connectivity index (χ0v) is 12.9. The lowest BCUT2D eigenvalue weighted by atomic mass is 10.2. The van der Waals surface area contributed by atoms with Gasteiger partial charge in [-0.25, -0.2) is 0 Å². The highest BCUT2D eigenvalue weighted by atomic mass is 32.2. The predicted octanol–water partition coefficient (Wildman–Crippen LogP) is 2.27. The molecule has 0 saturated carbocycles. The van der Waals surface area contributed by atoms with Crippen molar-refractivity contribution >= 4 is 17.7 Å². The highest BCUT2D eigenvalue weighted by molar-refractivity contribution is 8.00. The predicted molar refractivity (Wildman–Crippen MR) is 79.5 cm³/mol. The Labute approximate surface area is 127 Å². The van der Waals surface area contributed by atoms with E-state index >= 15 is 0 Å². The van der Waals surface area contributed by atoms with Crippen molar-refractivity contribution in [3.63, 3.8) is 0 Å². The summed E-state index contributed by atoms with van der Waals surface area (Å²) < 4.78 is 7.47. The molecule has 1 atom stereocenters. The summed E-state index contributed by atoms with van der Waals surface area (Å²) >= 11 is 1.16. The minimum atomic E-state index is -0.874. The van der Waals surface area contributed by atoms with Crippen LogP contribution in [0.1, 0.15) is 18.3 Å². The minimum Gasteiger partial charge on any atom is -0.485 e. The van der Waals surface area contributed by atoms with Gasteiger partial charge in [-0.05, 0) is 25.5 Å². The molecule has 0 amide bonds. The van der Waals surface area contributed by atoms with Crippen LogP contribution in [0.15, 0.2) is 29.4 Å². The molecule has 112 valence electrons. The lowest BCUT2D eigenvalue weighted by Crippen LogP contribution is -2.12. The van der Waals surface area contributed by atoms with E-state index in [9.17, 15) is 4.79 Å². The first-order valence-electron chi connectivity index (χ1n) is 6.45. The van der Waals surface area contributed by atoms with Crippen LogP contribution in [0.5, 0.6) is 5.75 Å². The summed E-state index contributed by atoms with van der Waals surface area (Å²) in [6, 6.07) is 7.73. The van der Waals surface area contributed by atoms with Crippen molar-refractivity contribution in [3.8, 4) is 5.75 Å². The Morgan fingerprint density at radius 2 is 2.14 bits per heavy atom. The Kier molecular flexibility index (Phi) is 4.85. The normalized spacial score (nSPS) is 12.1. The summed E-state index contributed by atoms with van der Waals surface area (Å²) in [4.78, 5) is 10.9. The number of ether oxygens (including phenoxy) is 1. The van der Waals surface area contributed by atoms with Crippen LogP contribution in [0, 0.1) is 6.92 Å². The van der Waals surface area contributed by atoms with Crippen molar-refractivity contribution in [1.29, 1.82) is 0 Å². The van der Waals surface area contributed by atoms with E-state index in [-0.39, 0.29) is 6.61 Å². The maximum atomic E-state index is 10.9. The van der Waals surface area contributed by atoms with Gasteiger partial charge in [-0.2, -0.15) is 0 Å². The van der Waals surface area contributed by atoms with E-state index in [0.717, 1.165) is 23.1 Å². The van der Waals surface area contributed by atoms with Gasteiger partial charge in [0, 0.05) is 7.05 Å². The van der Waals surface area contributed by atoms with Crippen molar-refractivity contribution in [2.45, 2.75) is 30.9 Å². The van der Waals surface area contributed by atoms with Crippen LogP contribution in [-0.4, -0.2) is 31.1 Å². The van der Waals surface area contributed by atoms with E-state index in [1.165, 1.54) is 0 Å². The summed E-state index contributed by atoms with van der Waals surface area (Å²) in [7, 11) is 1.80. The fourth-order valence-corrected chi connectivity index (χ4v) is 2.41. The zero-order valence-electron chi connectivity index (χ0n) is 12.1. The van der Waals surface area contributed by atoms with Crippen molar-refractivity contribution in [3.05, 3.63) is 35.7 Å². The second-order valence-electron chi connectivity index (χ2n) is 4.61. The van der Waals surface area contributed by atoms with Crippen LogP contribution in [0.4, 0.5) is 0 Å². The van der Waals surface area contributed by atoms with Crippen LogP contribution in [0.2, 0.25) is 0 Å². The molecule has 0 saturated heterocycles. The van der Waals surface area contributed by atoms with Gasteiger partial charge in [-0.1, -0.05) is 30.0 Å². The average Bonchev–Trinajstić information content (AvgIpc) is 2.79. The van der Waals surface area contributed by atoms with E-state index in [1.54, 1.807) is 18.5 Å². The van der Waals surface area contributed by atoms with Crippen LogP contribution in [0.3, 0.4) is 0 Å². The van der Waals surface area contributed by atoms with Gasteiger partial charge in [0.05, 0.1) is 0 Å². The van der Waals surface area contributed by atoms with E-state index in [1.807, 2.05) is 31.2 Å². The summed E-state index contributed by atoms with van der Waals surface area (Å²) in [6.45, 7) is 3.88. The summed E-state index contributed by atoms with van der Waals surface area (Å²) in [5.41, 5.74) is 1.05. The molecule has 7 heteroatoms. The van der Waals surface area contributed by atoms with Gasteiger partial charge in [-0.15, -0.1) is 10.2 Å². The van der Waals surface area contributed by atoms with E-state index in [0.29, 0.717) is 11.0 Å². The lowest BCUT2D eigenvalue weighted by molar-refractivity contribution is -0.136. The maximum Gasteiger partial charge on any atom is 0.316 e. The molecule has 0 aliphatic rings. The summed E-state index contributed by atoms with van der Waals surface area (Å²) in [5.74, 6) is 0.577. The van der Waals surface area contributed by atoms with Crippen LogP contribution >= 0.6 is 11.8 Å². The summed E-state index contributed by atoms with van der Waals surface area (Å²) in [5, 5.41) is 17.0. The molecule has 0 spiro atoms. The third-order valence-corrected chi connectivity index (χ3v) is 4.13. The number of aliphatic carboxylic acids is 1. The number of thioether (sulfide) groups is 1. The highest BCUT2D eigenvalue weighted by Crippen LogP contribution is 2.22. The molecule has 21 heavy (non-hydrogen) atoms. The first kappa shape index (κ1) is 15.4. The summed E-state index contributed by atoms with van der Waals surface area (Å²) in [6.07, 6.45) is 0. The number of para-hydroxylation sites is 1. The molecule has 1 aromatic heterocycles. The van der Waals surface area contributed by atoms with E-state index in [4.69, 9.17) is 9.84 Å². The number of hydrogen-bond donors (Lipinski definition) is 1. The fraction of sp³-hybridized carbons (Fsp3) is 0.357. The van der Waals surface area contributed by atoms with Gasteiger partial charge in [0.2, 0.25) is 0 Å². The smallest absolute Gasteiger partial charge is 0.316 e. The number of aryl methyl sites for hydroxylation is 1. The second-order valence-corrected chi connectivity index (χ2v) is 5.92. The first-order chi connectivity index (χ1) is 9.99. The number of rotatable bonds is 6. The molecule has 1 N–H and O–H groups in total. The average molecular weight is 307 g/mol. The van der Waals surface area contributed by atoms with Gasteiger partial charge in [0.1, 0.15) is 17.6 Å². The fourth-order valence-electron chi connectivity index (χ4n) is 1.64. The van der Waals surface area contributed by atoms with Crippen molar-refractivity contribution < 1.29 is 14.6 Å². The van der Waals surface area contributed by atoms with Crippen LogP contribution < -0.4 is 4.74 Å². The SMILES string of the molecule is Cc1ccccc1OCc1nnc(S[C@H](C)C(=O)O)n1C. The van der Waals surface area contributed by atoms with Crippen LogP contribution in [0.25, 0.3) is 0 Å². The molecule has 0 aliphatic heterocycles. The van der Waals surface area contributed by atoms with Gasteiger partial charge in [0.15, 0.2) is 11.0 Å². The molecule has 6 nitrogen and oxygen atoms in total. The lowest BCUT2D eigenvalue weighted by Gasteiger charge is -2.09. The quantitative estimate of drug-likeness (QED) is 0.825. The van der Waals surface area contributed by atoms with Crippen molar-refractivity contribution in [2.75, 3.05) is 0 Å². The Hall–Kier alpha value is -2.02. The first-order valence-corrected chi connectivity index (χ1v) is 7.33. The molecule has 1 heterocycles. The molecular weight excluding hydrogens is 290 g/mol. The number of carboxylic acid groups (broad SMARTS) is 1. The molecule has 2 rings (SSSR count). The van der Waals surface area contributed by atoms with Gasteiger partial charge < -0.3 is 14.4 Å². The number of carbonyl (C=O) groups is 1. The number of hydrogen-bond acceptors (Lipinski definition) is 5. The number of carboxylic acids is 1. The molecule has 0 unspecified atom stereocenters. The third kappa shape index (κ3) is 3.75. The van der Waals surface area contributed by atoms with E-state index in [2.05, 4.69) is 10.2 Å². The van der Waals surface area contributed by atoms with Crippen molar-refractivity contribution in [1.82, 2.24) is 14.8 Å². The maximum absolute atomic E-state index is 10.9. The largest absolute Gasteiger partial charge is 0.485 e. The Bertz CT molecular complexity index is 642. The monoisotopic (exact) mass is 307 g/mol. The Balaban J connectivity index is 2.04. The van der Waals surface area contributed by atoms with E-state index < -0.39 is 11.2 Å². The molecule has 0 aliphatic carbocycles. The molecule has 0 radical (unpaired) electrons. The Morgan fingerprint density at radius 1 is 1.43 bits per heavy atom. The minimum absolute atomic E-state index is 0.288. The standard InChI is InChI=1S/C14H17N3O3S/c1-9-6-4-5-7-11(9)20-8-12-15-16-14(17(12)3)21-10(2)13(18)19/h4-7,10H,8H2,1-3H3,(H,18,19)/t10-/m1/s1. The van der Waals surface area contributed by atoms with Gasteiger partial charge >= 0.3 is 5.97 Å². The van der Waals surface area contributed by atoms with Crippen LogP contribution in [-0.2, 0) is 18.4 Å². The van der Waals surface area contributed by atoms with Gasteiger partial charge in [-0.3, -0.25) is 4.79 Å². The third-order valence-electron chi connectivity index (χ3n) is 3.01. The molecule has 2 aromatic rings. The number of benzene rings is 1.